The van der Waals surface area contributed by atoms with Gasteiger partial charge in [-0.05, 0) is 44.7 Å². The van der Waals surface area contributed by atoms with Crippen LogP contribution in [0, 0.1) is 20.8 Å². The Bertz CT molecular complexity index is 1210. The molecule has 4 rings (SSSR count). The van der Waals surface area contributed by atoms with Crippen LogP contribution in [0.3, 0.4) is 0 Å². The second kappa shape index (κ2) is 9.20. The van der Waals surface area contributed by atoms with Gasteiger partial charge in [-0.25, -0.2) is 9.97 Å². The van der Waals surface area contributed by atoms with E-state index in [0.29, 0.717) is 12.8 Å². The number of hydrogen-bond donors (Lipinski definition) is 1. The number of aliphatic carboxylic acids is 1. The quantitative estimate of drug-likeness (QED) is 0.260. The minimum Gasteiger partial charge on any atom is -0.480 e. The number of rotatable bonds is 7. The Labute approximate surface area is 190 Å². The van der Waals surface area contributed by atoms with Gasteiger partial charge in [-0.15, -0.1) is 11.3 Å². The smallest absolute Gasteiger partial charge is 0.317 e. The third kappa shape index (κ3) is 4.81. The van der Waals surface area contributed by atoms with Crippen molar-refractivity contribution < 1.29 is 9.90 Å². The highest BCUT2D eigenvalue weighted by Crippen LogP contribution is 2.42. The second-order valence-corrected chi connectivity index (χ2v) is 10.1. The minimum atomic E-state index is -0.812. The number of carboxylic acids is 1. The van der Waals surface area contributed by atoms with Crippen LogP contribution in [0.4, 0.5) is 0 Å². The zero-order valence-electron chi connectivity index (χ0n) is 17.8. The van der Waals surface area contributed by atoms with Crippen molar-refractivity contribution in [3.8, 4) is 11.1 Å². The molecular weight excluding hydrogens is 424 g/mol. The summed E-state index contributed by atoms with van der Waals surface area (Å²) < 4.78 is 0. The van der Waals surface area contributed by atoms with Gasteiger partial charge in [0.2, 0.25) is 0 Å². The van der Waals surface area contributed by atoms with E-state index in [0.717, 1.165) is 36.8 Å². The molecule has 158 valence electrons. The van der Waals surface area contributed by atoms with Crippen LogP contribution in [0.25, 0.3) is 21.3 Å². The Balaban J connectivity index is 1.66. The first kappa shape index (κ1) is 21.5. The summed E-state index contributed by atoms with van der Waals surface area (Å²) in [5.74, 6) is -0.812. The summed E-state index contributed by atoms with van der Waals surface area (Å²) in [6.45, 7) is 6.20. The Morgan fingerprint density at radius 2 is 1.65 bits per heavy atom. The third-order valence-corrected chi connectivity index (χ3v) is 7.58. The minimum absolute atomic E-state index is 0.539. The third-order valence-electron chi connectivity index (χ3n) is 5.31. The molecule has 0 aliphatic heterocycles. The lowest BCUT2D eigenvalue weighted by atomic mass is 10.0. The maximum Gasteiger partial charge on any atom is 0.317 e. The van der Waals surface area contributed by atoms with E-state index in [1.54, 1.807) is 17.7 Å². The van der Waals surface area contributed by atoms with Crippen LogP contribution >= 0.6 is 23.1 Å². The molecule has 4 nitrogen and oxygen atoms in total. The Morgan fingerprint density at radius 1 is 1.00 bits per heavy atom. The van der Waals surface area contributed by atoms with Crippen LogP contribution in [0.2, 0.25) is 0 Å². The van der Waals surface area contributed by atoms with Gasteiger partial charge in [-0.1, -0.05) is 71.4 Å². The predicted octanol–water partition coefficient (Wildman–Crippen LogP) is 6.46. The van der Waals surface area contributed by atoms with E-state index in [1.807, 2.05) is 0 Å². The molecular formula is C25H24N2O2S2. The highest BCUT2D eigenvalue weighted by molar-refractivity contribution is 8.00. The summed E-state index contributed by atoms with van der Waals surface area (Å²) in [6, 6.07) is 16.7. The molecule has 4 aromatic rings. The summed E-state index contributed by atoms with van der Waals surface area (Å²) in [5.41, 5.74) is 5.77. The fraction of sp³-hybridized carbons (Fsp3) is 0.240. The number of hydrogen-bond acceptors (Lipinski definition) is 5. The lowest BCUT2D eigenvalue weighted by molar-refractivity contribution is -0.136. The van der Waals surface area contributed by atoms with E-state index < -0.39 is 11.2 Å². The molecule has 31 heavy (non-hydrogen) atoms. The average molecular weight is 449 g/mol. The van der Waals surface area contributed by atoms with Crippen LogP contribution in [-0.4, -0.2) is 26.3 Å². The molecule has 0 bridgehead atoms. The fourth-order valence-electron chi connectivity index (χ4n) is 3.59. The number of nitrogens with zero attached hydrogens (tertiary/aromatic N) is 2. The predicted molar refractivity (Wildman–Crippen MR) is 129 cm³/mol. The van der Waals surface area contributed by atoms with Crippen molar-refractivity contribution in [1.82, 2.24) is 9.97 Å². The van der Waals surface area contributed by atoms with Crippen LogP contribution in [0.5, 0.6) is 0 Å². The van der Waals surface area contributed by atoms with Crippen molar-refractivity contribution in [3.63, 3.8) is 0 Å². The standard InChI is InChI=1S/C25H24N2O2S2/c1-15-4-8-18(9-5-15)10-13-20(25(28)29)31-24-22-21(19-11-6-16(2)7-12-19)17(3)30-23(22)26-14-27-24/h4-9,11-12,14,20H,10,13H2,1-3H3,(H,28,29). The van der Waals surface area contributed by atoms with Gasteiger partial charge >= 0.3 is 5.97 Å². The van der Waals surface area contributed by atoms with Gasteiger partial charge in [0.25, 0.3) is 0 Å². The first-order valence-corrected chi connectivity index (χ1v) is 11.9. The molecule has 0 aliphatic carbocycles. The van der Waals surface area contributed by atoms with Crippen molar-refractivity contribution in [1.29, 1.82) is 0 Å². The van der Waals surface area contributed by atoms with Gasteiger partial charge in [0.1, 0.15) is 21.4 Å². The number of carboxylic acid groups (broad SMARTS) is 1. The van der Waals surface area contributed by atoms with Gasteiger partial charge in [-0.3, -0.25) is 4.79 Å². The first-order chi connectivity index (χ1) is 14.9. The van der Waals surface area contributed by atoms with Crippen molar-refractivity contribution in [3.05, 3.63) is 76.4 Å². The number of carbonyl (C=O) groups is 1. The molecule has 2 heterocycles. The SMILES string of the molecule is Cc1ccc(CCC(Sc2ncnc3sc(C)c(-c4ccc(C)cc4)c23)C(=O)O)cc1. The van der Waals surface area contributed by atoms with Gasteiger partial charge in [-0.2, -0.15) is 0 Å². The lowest BCUT2D eigenvalue weighted by Gasteiger charge is -2.13. The second-order valence-electron chi connectivity index (χ2n) is 7.73. The molecule has 0 radical (unpaired) electrons. The first-order valence-electron chi connectivity index (χ1n) is 10.2. The molecule has 0 amide bonds. The molecule has 2 aromatic carbocycles. The largest absolute Gasteiger partial charge is 0.480 e. The van der Waals surface area contributed by atoms with Crippen molar-refractivity contribution in [2.75, 3.05) is 0 Å². The number of thiophene rings is 1. The maximum absolute atomic E-state index is 12.1. The molecule has 0 aliphatic rings. The fourth-order valence-corrected chi connectivity index (χ4v) is 5.70. The van der Waals surface area contributed by atoms with Crippen molar-refractivity contribution in [2.24, 2.45) is 0 Å². The van der Waals surface area contributed by atoms with Crippen molar-refractivity contribution >= 4 is 39.3 Å². The zero-order valence-corrected chi connectivity index (χ0v) is 19.4. The van der Waals surface area contributed by atoms with E-state index in [2.05, 4.69) is 79.3 Å². The Morgan fingerprint density at radius 3 is 2.29 bits per heavy atom. The molecule has 2 aromatic heterocycles. The van der Waals surface area contributed by atoms with Gasteiger partial charge in [0.05, 0.1) is 5.39 Å². The summed E-state index contributed by atoms with van der Waals surface area (Å²) in [7, 11) is 0. The molecule has 0 saturated heterocycles. The number of aromatic nitrogens is 2. The molecule has 0 saturated carbocycles. The molecule has 1 unspecified atom stereocenters. The monoisotopic (exact) mass is 448 g/mol. The Kier molecular flexibility index (Phi) is 6.39. The van der Waals surface area contributed by atoms with Gasteiger partial charge in [0, 0.05) is 10.4 Å². The van der Waals surface area contributed by atoms with Crippen LogP contribution in [0.1, 0.15) is 28.0 Å². The summed E-state index contributed by atoms with van der Waals surface area (Å²) in [5, 5.41) is 11.0. The van der Waals surface area contributed by atoms with E-state index in [1.165, 1.54) is 22.9 Å². The number of aryl methyl sites for hydroxylation is 4. The topological polar surface area (TPSA) is 63.1 Å². The highest BCUT2D eigenvalue weighted by Gasteiger charge is 2.24. The lowest BCUT2D eigenvalue weighted by Crippen LogP contribution is -2.17. The van der Waals surface area contributed by atoms with Crippen LogP contribution in [0.15, 0.2) is 59.9 Å². The highest BCUT2D eigenvalue weighted by atomic mass is 32.2. The molecule has 1 atom stereocenters. The molecule has 0 fully saturated rings. The number of benzene rings is 2. The van der Waals surface area contributed by atoms with Crippen LogP contribution in [-0.2, 0) is 11.2 Å². The van der Waals surface area contributed by atoms with Gasteiger partial charge < -0.3 is 5.11 Å². The molecule has 0 spiro atoms. The summed E-state index contributed by atoms with van der Waals surface area (Å²) in [6.07, 6.45) is 2.79. The van der Waals surface area contributed by atoms with Crippen molar-refractivity contribution in [2.45, 2.75) is 43.9 Å². The maximum atomic E-state index is 12.1. The Hall–Kier alpha value is -2.70. The van der Waals surface area contributed by atoms with Crippen LogP contribution < -0.4 is 0 Å². The summed E-state index contributed by atoms with van der Waals surface area (Å²) >= 11 is 2.96. The zero-order chi connectivity index (χ0) is 22.0. The number of thioether (sulfide) groups is 1. The number of fused-ring (bicyclic) bond motifs is 1. The normalized spacial score (nSPS) is 12.2. The van der Waals surface area contributed by atoms with E-state index in [4.69, 9.17) is 0 Å². The summed E-state index contributed by atoms with van der Waals surface area (Å²) in [4.78, 5) is 23.1. The van der Waals surface area contributed by atoms with E-state index in [-0.39, 0.29) is 0 Å². The van der Waals surface area contributed by atoms with E-state index >= 15 is 0 Å². The van der Waals surface area contributed by atoms with E-state index in [9.17, 15) is 9.90 Å². The molecule has 6 heteroatoms. The molecule has 1 N–H and O–H groups in total. The van der Waals surface area contributed by atoms with Gasteiger partial charge in [0.15, 0.2) is 0 Å². The average Bonchev–Trinajstić information content (AvgIpc) is 3.09.